The van der Waals surface area contributed by atoms with Crippen molar-refractivity contribution in [3.63, 3.8) is 0 Å². The van der Waals surface area contributed by atoms with E-state index in [4.69, 9.17) is 16.3 Å². The Morgan fingerprint density at radius 3 is 2.82 bits per heavy atom. The van der Waals surface area contributed by atoms with Gasteiger partial charge in [-0.3, -0.25) is 0 Å². The van der Waals surface area contributed by atoms with E-state index in [1.54, 1.807) is 0 Å². The van der Waals surface area contributed by atoms with Crippen LogP contribution in [-0.2, 0) is 12.3 Å². The molecule has 0 spiro atoms. The van der Waals surface area contributed by atoms with Crippen LogP contribution in [0.2, 0.25) is 0 Å². The van der Waals surface area contributed by atoms with Crippen molar-refractivity contribution < 1.29 is 4.74 Å². The normalized spacial score (nSPS) is 10.5. The molecule has 2 aromatic rings. The van der Waals surface area contributed by atoms with Crippen LogP contribution in [0.15, 0.2) is 24.3 Å². The summed E-state index contributed by atoms with van der Waals surface area (Å²) in [6.07, 6.45) is 0.766. The molecule has 0 bridgehead atoms. The second kappa shape index (κ2) is 5.98. The first-order valence-electron chi connectivity index (χ1n) is 5.34. The monoisotopic (exact) mass is 268 g/mol. The van der Waals surface area contributed by atoms with E-state index in [1.165, 1.54) is 16.9 Å². The standard InChI is InChI=1S/C12H13ClN2OS/c1-9-3-2-4-10(7-9)16-6-5-11-14-15-12(8-13)17-11/h2-4,7H,5-6,8H2,1H3. The first-order chi connectivity index (χ1) is 8.28. The van der Waals surface area contributed by atoms with Gasteiger partial charge >= 0.3 is 0 Å². The molecular weight excluding hydrogens is 256 g/mol. The molecule has 1 aromatic heterocycles. The molecule has 1 aromatic carbocycles. The lowest BCUT2D eigenvalue weighted by Crippen LogP contribution is -2.01. The third-order valence-electron chi connectivity index (χ3n) is 2.20. The predicted molar refractivity (Wildman–Crippen MR) is 69.8 cm³/mol. The van der Waals surface area contributed by atoms with Gasteiger partial charge in [0.2, 0.25) is 0 Å². The SMILES string of the molecule is Cc1cccc(OCCc2nnc(CCl)s2)c1. The van der Waals surface area contributed by atoms with E-state index in [0.29, 0.717) is 12.5 Å². The average molecular weight is 269 g/mol. The van der Waals surface area contributed by atoms with Crippen molar-refractivity contribution in [3.05, 3.63) is 39.8 Å². The number of aryl methyl sites for hydroxylation is 1. The fraction of sp³-hybridized carbons (Fsp3) is 0.333. The van der Waals surface area contributed by atoms with Crippen molar-refractivity contribution in [2.24, 2.45) is 0 Å². The van der Waals surface area contributed by atoms with Crippen LogP contribution in [0.1, 0.15) is 15.6 Å². The minimum atomic E-state index is 0.427. The molecule has 2 rings (SSSR count). The van der Waals surface area contributed by atoms with Crippen LogP contribution < -0.4 is 4.74 Å². The van der Waals surface area contributed by atoms with Crippen LogP contribution in [0.25, 0.3) is 0 Å². The topological polar surface area (TPSA) is 35.0 Å². The van der Waals surface area contributed by atoms with Crippen LogP contribution in [0, 0.1) is 6.92 Å². The lowest BCUT2D eigenvalue weighted by molar-refractivity contribution is 0.321. The zero-order valence-electron chi connectivity index (χ0n) is 9.52. The fourth-order valence-electron chi connectivity index (χ4n) is 1.40. The molecule has 0 N–H and O–H groups in total. The number of rotatable bonds is 5. The summed E-state index contributed by atoms with van der Waals surface area (Å²) in [6, 6.07) is 8.01. The molecule has 90 valence electrons. The van der Waals surface area contributed by atoms with Gasteiger partial charge in [-0.15, -0.1) is 33.1 Å². The molecule has 0 aliphatic carbocycles. The van der Waals surface area contributed by atoms with Gasteiger partial charge in [-0.25, -0.2) is 0 Å². The van der Waals surface area contributed by atoms with Crippen molar-refractivity contribution in [3.8, 4) is 5.75 Å². The fourth-order valence-corrected chi connectivity index (χ4v) is 2.30. The van der Waals surface area contributed by atoms with Gasteiger partial charge in [-0.05, 0) is 24.6 Å². The van der Waals surface area contributed by atoms with E-state index in [-0.39, 0.29) is 0 Å². The number of benzene rings is 1. The molecule has 0 saturated carbocycles. The average Bonchev–Trinajstić information content (AvgIpc) is 2.77. The highest BCUT2D eigenvalue weighted by Crippen LogP contribution is 2.15. The van der Waals surface area contributed by atoms with Crippen LogP contribution >= 0.6 is 22.9 Å². The Kier molecular flexibility index (Phi) is 4.34. The van der Waals surface area contributed by atoms with Gasteiger partial charge in [0.05, 0.1) is 12.5 Å². The highest BCUT2D eigenvalue weighted by Gasteiger charge is 2.03. The van der Waals surface area contributed by atoms with Gasteiger partial charge in [-0.2, -0.15) is 0 Å². The summed E-state index contributed by atoms with van der Waals surface area (Å²) in [6.45, 7) is 2.66. The summed E-state index contributed by atoms with van der Waals surface area (Å²) in [4.78, 5) is 0. The number of alkyl halides is 1. The van der Waals surface area contributed by atoms with Crippen molar-refractivity contribution >= 4 is 22.9 Å². The van der Waals surface area contributed by atoms with Gasteiger partial charge in [-0.1, -0.05) is 12.1 Å². The van der Waals surface area contributed by atoms with Crippen LogP contribution in [-0.4, -0.2) is 16.8 Å². The highest BCUT2D eigenvalue weighted by atomic mass is 35.5. The molecule has 0 atom stereocenters. The molecule has 0 aliphatic heterocycles. The Hall–Kier alpha value is -1.13. The van der Waals surface area contributed by atoms with E-state index in [2.05, 4.69) is 10.2 Å². The maximum absolute atomic E-state index is 5.66. The summed E-state index contributed by atoms with van der Waals surface area (Å²) < 4.78 is 5.64. The Morgan fingerprint density at radius 1 is 1.29 bits per heavy atom. The van der Waals surface area contributed by atoms with Crippen LogP contribution in [0.5, 0.6) is 5.75 Å². The molecular formula is C12H13ClN2OS. The molecule has 0 radical (unpaired) electrons. The molecule has 5 heteroatoms. The molecule has 0 fully saturated rings. The maximum Gasteiger partial charge on any atom is 0.132 e. The van der Waals surface area contributed by atoms with Gasteiger partial charge in [0.25, 0.3) is 0 Å². The van der Waals surface area contributed by atoms with Crippen molar-refractivity contribution in [1.82, 2.24) is 10.2 Å². The lowest BCUT2D eigenvalue weighted by atomic mass is 10.2. The first kappa shape index (κ1) is 12.3. The highest BCUT2D eigenvalue weighted by molar-refractivity contribution is 7.11. The van der Waals surface area contributed by atoms with Gasteiger partial charge in [0.1, 0.15) is 15.8 Å². The number of hydrogen-bond acceptors (Lipinski definition) is 4. The van der Waals surface area contributed by atoms with Crippen LogP contribution in [0.4, 0.5) is 0 Å². The molecule has 0 unspecified atom stereocenters. The molecule has 1 heterocycles. The van der Waals surface area contributed by atoms with Crippen molar-refractivity contribution in [2.45, 2.75) is 19.2 Å². The second-order valence-corrected chi connectivity index (χ2v) is 5.05. The van der Waals surface area contributed by atoms with E-state index >= 15 is 0 Å². The van der Waals surface area contributed by atoms with E-state index in [9.17, 15) is 0 Å². The van der Waals surface area contributed by atoms with Crippen molar-refractivity contribution in [1.29, 1.82) is 0 Å². The maximum atomic E-state index is 5.66. The van der Waals surface area contributed by atoms with Crippen molar-refractivity contribution in [2.75, 3.05) is 6.61 Å². The number of nitrogens with zero attached hydrogens (tertiary/aromatic N) is 2. The molecule has 0 saturated heterocycles. The summed E-state index contributed by atoms with van der Waals surface area (Å²) in [7, 11) is 0. The third kappa shape index (κ3) is 3.68. The number of ether oxygens (including phenoxy) is 1. The quantitative estimate of drug-likeness (QED) is 0.781. The molecule has 17 heavy (non-hydrogen) atoms. The zero-order valence-corrected chi connectivity index (χ0v) is 11.1. The Labute approximate surface area is 109 Å². The van der Waals surface area contributed by atoms with Gasteiger partial charge in [0, 0.05) is 6.42 Å². The lowest BCUT2D eigenvalue weighted by Gasteiger charge is -2.04. The minimum Gasteiger partial charge on any atom is -0.493 e. The summed E-state index contributed by atoms with van der Waals surface area (Å²) in [5, 5.41) is 9.82. The Balaban J connectivity index is 1.83. The zero-order chi connectivity index (χ0) is 12.1. The molecule has 0 amide bonds. The first-order valence-corrected chi connectivity index (χ1v) is 6.70. The molecule has 0 aliphatic rings. The summed E-state index contributed by atoms with van der Waals surface area (Å²) in [5.74, 6) is 1.32. The van der Waals surface area contributed by atoms with E-state index in [1.807, 2.05) is 31.2 Å². The minimum absolute atomic E-state index is 0.427. The molecule has 3 nitrogen and oxygen atoms in total. The predicted octanol–water partition coefficient (Wildman–Crippen LogP) is 3.21. The third-order valence-corrected chi connectivity index (χ3v) is 3.59. The summed E-state index contributed by atoms with van der Waals surface area (Å²) in [5.41, 5.74) is 1.20. The van der Waals surface area contributed by atoms with E-state index < -0.39 is 0 Å². The van der Waals surface area contributed by atoms with Crippen LogP contribution in [0.3, 0.4) is 0 Å². The number of aromatic nitrogens is 2. The number of hydrogen-bond donors (Lipinski definition) is 0. The largest absolute Gasteiger partial charge is 0.493 e. The summed E-state index contributed by atoms with van der Waals surface area (Å²) >= 11 is 7.20. The van der Waals surface area contributed by atoms with E-state index in [0.717, 1.165) is 22.2 Å². The Bertz CT molecular complexity index is 487. The van der Waals surface area contributed by atoms with Gasteiger partial charge in [0.15, 0.2) is 0 Å². The smallest absolute Gasteiger partial charge is 0.132 e. The van der Waals surface area contributed by atoms with Gasteiger partial charge < -0.3 is 4.74 Å². The Morgan fingerprint density at radius 2 is 2.12 bits per heavy atom. The second-order valence-electron chi connectivity index (χ2n) is 3.64. The number of halogens is 1.